The van der Waals surface area contributed by atoms with Crippen LogP contribution in [0.2, 0.25) is 0 Å². The van der Waals surface area contributed by atoms with Crippen molar-refractivity contribution in [2.24, 2.45) is 5.92 Å². The maximum absolute atomic E-state index is 12.7. The van der Waals surface area contributed by atoms with Gasteiger partial charge in [-0.3, -0.25) is 4.90 Å². The van der Waals surface area contributed by atoms with Crippen LogP contribution in [-0.4, -0.2) is 36.3 Å². The van der Waals surface area contributed by atoms with Gasteiger partial charge in [-0.25, -0.2) is 4.79 Å². The van der Waals surface area contributed by atoms with E-state index in [4.69, 9.17) is 9.47 Å². The third kappa shape index (κ3) is 3.96. The van der Waals surface area contributed by atoms with Crippen molar-refractivity contribution in [1.82, 2.24) is 4.90 Å². The molecule has 0 spiro atoms. The Balaban J connectivity index is 1.43. The molecule has 26 heavy (non-hydrogen) atoms. The highest BCUT2D eigenvalue weighted by molar-refractivity contribution is 5.69. The second kappa shape index (κ2) is 8.26. The molecule has 1 saturated carbocycles. The molecular weight excluding hydrogens is 326 g/mol. The Kier molecular flexibility index (Phi) is 5.59. The molecule has 0 aromatic heterocycles. The average Bonchev–Trinajstić information content (AvgIpc) is 2.95. The van der Waals surface area contributed by atoms with Gasteiger partial charge in [0.1, 0.15) is 6.61 Å². The molecule has 140 valence electrons. The zero-order valence-corrected chi connectivity index (χ0v) is 15.4. The van der Waals surface area contributed by atoms with Crippen LogP contribution in [0.5, 0.6) is 0 Å². The first-order valence-electron chi connectivity index (χ1n) is 10.1. The minimum atomic E-state index is -0.205. The molecule has 4 rings (SSSR count). The summed E-state index contributed by atoms with van der Waals surface area (Å²) in [5.74, 6) is 0.711. The lowest BCUT2D eigenvalue weighted by molar-refractivity contribution is -0.0384. The van der Waals surface area contributed by atoms with Crippen molar-refractivity contribution < 1.29 is 14.3 Å². The minimum absolute atomic E-state index is 0.0315. The van der Waals surface area contributed by atoms with Crippen molar-refractivity contribution in [3.8, 4) is 0 Å². The number of nitrogens with zero attached hydrogens (tertiary/aromatic N) is 1. The highest BCUT2D eigenvalue weighted by atomic mass is 16.6. The normalized spacial score (nSPS) is 26.8. The predicted octanol–water partition coefficient (Wildman–Crippen LogP) is 4.69. The lowest BCUT2D eigenvalue weighted by Gasteiger charge is -2.45. The van der Waals surface area contributed by atoms with Crippen molar-refractivity contribution in [3.63, 3.8) is 0 Å². The van der Waals surface area contributed by atoms with E-state index in [1.54, 1.807) is 5.57 Å². The number of amides is 1. The standard InChI is InChI=1S/C22H29NO3/c24-22(26-14-17-8-4-3-5-9-17)23-20-12-19(13-21(23)16-25-15-20)18-10-6-1-2-7-11-18/h3-5,8-9,12,18,20-21H,1-2,6-7,10-11,13-16H2. The number of ether oxygens (including phenoxy) is 2. The van der Waals surface area contributed by atoms with Gasteiger partial charge in [0.05, 0.1) is 25.3 Å². The average molecular weight is 355 g/mol. The molecule has 2 atom stereocenters. The molecule has 1 amide bonds. The van der Waals surface area contributed by atoms with Crippen molar-refractivity contribution in [2.45, 2.75) is 63.6 Å². The summed E-state index contributed by atoms with van der Waals surface area (Å²) < 4.78 is 11.4. The summed E-state index contributed by atoms with van der Waals surface area (Å²) in [6.45, 7) is 1.55. The molecule has 1 aromatic rings. The first kappa shape index (κ1) is 17.6. The monoisotopic (exact) mass is 355 g/mol. The third-order valence-electron chi connectivity index (χ3n) is 6.02. The van der Waals surface area contributed by atoms with E-state index in [2.05, 4.69) is 6.08 Å². The Hall–Kier alpha value is -1.81. The van der Waals surface area contributed by atoms with E-state index in [0.717, 1.165) is 12.0 Å². The SMILES string of the molecule is O=C(OCc1ccccc1)N1C2C=C(C3CCCCCC3)CC1COC2. The Morgan fingerprint density at radius 2 is 1.85 bits per heavy atom. The predicted molar refractivity (Wildman–Crippen MR) is 101 cm³/mol. The number of fused-ring (bicyclic) bond motifs is 2. The lowest BCUT2D eigenvalue weighted by Crippen LogP contribution is -2.56. The maximum atomic E-state index is 12.7. The Bertz CT molecular complexity index is 634. The molecule has 0 radical (unpaired) electrons. The summed E-state index contributed by atoms with van der Waals surface area (Å²) in [5.41, 5.74) is 2.59. The van der Waals surface area contributed by atoms with Gasteiger partial charge in [0.15, 0.2) is 0 Å². The topological polar surface area (TPSA) is 38.8 Å². The zero-order valence-electron chi connectivity index (χ0n) is 15.4. The van der Waals surface area contributed by atoms with E-state index in [9.17, 15) is 4.79 Å². The number of hydrogen-bond donors (Lipinski definition) is 0. The zero-order chi connectivity index (χ0) is 17.8. The summed E-state index contributed by atoms with van der Waals surface area (Å²) >= 11 is 0. The highest BCUT2D eigenvalue weighted by Crippen LogP contribution is 2.37. The van der Waals surface area contributed by atoms with Crippen molar-refractivity contribution in [1.29, 1.82) is 0 Å². The van der Waals surface area contributed by atoms with Crippen LogP contribution in [0.3, 0.4) is 0 Å². The highest BCUT2D eigenvalue weighted by Gasteiger charge is 2.40. The molecule has 2 bridgehead atoms. The maximum Gasteiger partial charge on any atom is 0.411 e. The van der Waals surface area contributed by atoms with Gasteiger partial charge in [0.2, 0.25) is 0 Å². The van der Waals surface area contributed by atoms with Gasteiger partial charge in [-0.15, -0.1) is 0 Å². The summed E-state index contributed by atoms with van der Waals surface area (Å²) in [7, 11) is 0. The first-order valence-corrected chi connectivity index (χ1v) is 10.1. The van der Waals surface area contributed by atoms with Gasteiger partial charge >= 0.3 is 6.09 Å². The molecule has 1 saturated heterocycles. The third-order valence-corrected chi connectivity index (χ3v) is 6.02. The number of carbonyl (C=O) groups excluding carboxylic acids is 1. The molecule has 3 aliphatic rings. The molecule has 2 aliphatic heterocycles. The lowest BCUT2D eigenvalue weighted by atomic mass is 9.83. The van der Waals surface area contributed by atoms with E-state index in [1.807, 2.05) is 35.2 Å². The molecular formula is C22H29NO3. The molecule has 2 fully saturated rings. The van der Waals surface area contributed by atoms with Crippen LogP contribution in [0.15, 0.2) is 42.0 Å². The molecule has 0 N–H and O–H groups in total. The van der Waals surface area contributed by atoms with Gasteiger partial charge < -0.3 is 9.47 Å². The van der Waals surface area contributed by atoms with Gasteiger partial charge in [0.25, 0.3) is 0 Å². The summed E-state index contributed by atoms with van der Waals surface area (Å²) in [4.78, 5) is 14.7. The number of hydrogen-bond acceptors (Lipinski definition) is 3. The summed E-state index contributed by atoms with van der Waals surface area (Å²) in [6.07, 6.45) is 11.1. The second-order valence-electron chi connectivity index (χ2n) is 7.84. The van der Waals surface area contributed by atoms with Crippen LogP contribution in [0.25, 0.3) is 0 Å². The van der Waals surface area contributed by atoms with E-state index >= 15 is 0 Å². The van der Waals surface area contributed by atoms with Gasteiger partial charge in [-0.1, -0.05) is 67.7 Å². The molecule has 4 heteroatoms. The van der Waals surface area contributed by atoms with Crippen LogP contribution < -0.4 is 0 Å². The van der Waals surface area contributed by atoms with Crippen molar-refractivity contribution >= 4 is 6.09 Å². The number of rotatable bonds is 3. The first-order chi connectivity index (χ1) is 12.8. The Morgan fingerprint density at radius 1 is 1.08 bits per heavy atom. The largest absolute Gasteiger partial charge is 0.445 e. The summed E-state index contributed by atoms with van der Waals surface area (Å²) in [5, 5.41) is 0. The molecule has 1 aliphatic carbocycles. The second-order valence-corrected chi connectivity index (χ2v) is 7.84. The molecule has 1 aromatic carbocycles. The fourth-order valence-electron chi connectivity index (χ4n) is 4.66. The van der Waals surface area contributed by atoms with Crippen LogP contribution in [0.1, 0.15) is 50.5 Å². The van der Waals surface area contributed by atoms with Crippen LogP contribution in [-0.2, 0) is 16.1 Å². The fourth-order valence-corrected chi connectivity index (χ4v) is 4.66. The van der Waals surface area contributed by atoms with Crippen LogP contribution >= 0.6 is 0 Å². The Labute approximate surface area is 156 Å². The van der Waals surface area contributed by atoms with Gasteiger partial charge in [-0.05, 0) is 30.7 Å². The molecule has 2 unspecified atom stereocenters. The summed E-state index contributed by atoms with van der Waals surface area (Å²) in [6, 6.07) is 10.0. The fraction of sp³-hybridized carbons (Fsp3) is 0.591. The van der Waals surface area contributed by atoms with E-state index in [-0.39, 0.29) is 18.2 Å². The van der Waals surface area contributed by atoms with Gasteiger partial charge in [-0.2, -0.15) is 0 Å². The number of benzene rings is 1. The quantitative estimate of drug-likeness (QED) is 0.583. The Morgan fingerprint density at radius 3 is 2.58 bits per heavy atom. The van der Waals surface area contributed by atoms with E-state index in [1.165, 1.54) is 38.5 Å². The van der Waals surface area contributed by atoms with Crippen LogP contribution in [0.4, 0.5) is 4.79 Å². The molecule has 2 heterocycles. The minimum Gasteiger partial charge on any atom is -0.445 e. The number of carbonyl (C=O) groups is 1. The van der Waals surface area contributed by atoms with Crippen molar-refractivity contribution in [3.05, 3.63) is 47.5 Å². The van der Waals surface area contributed by atoms with E-state index in [0.29, 0.717) is 25.7 Å². The smallest absolute Gasteiger partial charge is 0.411 e. The van der Waals surface area contributed by atoms with Gasteiger partial charge in [0, 0.05) is 0 Å². The number of morpholine rings is 1. The van der Waals surface area contributed by atoms with Crippen LogP contribution in [0, 0.1) is 5.92 Å². The molecule has 4 nitrogen and oxygen atoms in total. The van der Waals surface area contributed by atoms with E-state index < -0.39 is 0 Å². The van der Waals surface area contributed by atoms with Crippen molar-refractivity contribution in [2.75, 3.05) is 13.2 Å².